The zero-order chi connectivity index (χ0) is 19.7. The molecule has 4 N–H and O–H groups in total. The number of aryl methyl sites for hydroxylation is 1. The minimum absolute atomic E-state index is 0.0597. The van der Waals surface area contributed by atoms with E-state index in [1.165, 1.54) is 5.56 Å². The van der Waals surface area contributed by atoms with Crippen LogP contribution in [0.5, 0.6) is 5.75 Å². The van der Waals surface area contributed by atoms with Crippen molar-refractivity contribution in [2.24, 2.45) is 0 Å². The number of hydrogen-bond donors (Lipinski definition) is 3. The summed E-state index contributed by atoms with van der Waals surface area (Å²) >= 11 is 12.6. The van der Waals surface area contributed by atoms with Crippen LogP contribution in [0, 0.1) is 6.92 Å². The van der Waals surface area contributed by atoms with Crippen LogP contribution in [-0.2, 0) is 0 Å². The molecule has 0 aliphatic carbocycles. The van der Waals surface area contributed by atoms with Gasteiger partial charge in [-0.15, -0.1) is 0 Å². The number of halogens is 2. The first-order valence-corrected chi connectivity index (χ1v) is 9.90. The maximum absolute atomic E-state index is 10.4. The highest BCUT2D eigenvalue weighted by Gasteiger charge is 2.30. The normalized spacial score (nSPS) is 19.0. The highest BCUT2D eigenvalue weighted by atomic mass is 35.5. The molecule has 1 aliphatic rings. The zero-order valence-electron chi connectivity index (χ0n) is 15.4. The van der Waals surface area contributed by atoms with Crippen LogP contribution in [0.4, 0.5) is 0 Å². The quantitative estimate of drug-likeness (QED) is 0.570. The molecule has 3 aromatic rings. The monoisotopic (exact) mass is 411 g/mol. The molecule has 1 heterocycles. The van der Waals surface area contributed by atoms with Gasteiger partial charge in [-0.05, 0) is 42.8 Å². The second kappa shape index (κ2) is 7.88. The lowest BCUT2D eigenvalue weighted by molar-refractivity contribution is -0.731. The third-order valence-electron chi connectivity index (χ3n) is 5.01. The Hall–Kier alpha value is -2.46. The molecule has 1 aliphatic heterocycles. The lowest BCUT2D eigenvalue weighted by atomic mass is 9.97. The molecule has 4 rings (SSSR count). The van der Waals surface area contributed by atoms with Gasteiger partial charge in [0, 0.05) is 22.4 Å². The standard InChI is InChI=1S/C23H20Cl2N2O/c1-14-6-8-15(9-7-14)20-13-21(18-4-2-3-5-22(18)28)27-23(26-20)17-11-10-16(24)12-19(17)25/h2-13,21,23,26-28H,1H3/p+1. The molecule has 3 aromatic carbocycles. The Morgan fingerprint density at radius 1 is 0.929 bits per heavy atom. The molecule has 0 fully saturated rings. The molecule has 0 saturated heterocycles. The molecule has 0 saturated carbocycles. The number of aromatic hydroxyl groups is 1. The van der Waals surface area contributed by atoms with E-state index in [0.717, 1.165) is 22.4 Å². The number of nitrogens with two attached hydrogens (primary N) is 1. The fourth-order valence-electron chi connectivity index (χ4n) is 3.52. The van der Waals surface area contributed by atoms with E-state index >= 15 is 0 Å². The number of quaternary nitrogens is 1. The summed E-state index contributed by atoms with van der Waals surface area (Å²) in [5.41, 5.74) is 5.12. The van der Waals surface area contributed by atoms with Crippen molar-refractivity contribution in [1.29, 1.82) is 0 Å². The van der Waals surface area contributed by atoms with Crippen LogP contribution in [0.1, 0.15) is 34.5 Å². The Kier molecular flexibility index (Phi) is 5.31. The predicted octanol–water partition coefficient (Wildman–Crippen LogP) is 4.96. The summed E-state index contributed by atoms with van der Waals surface area (Å²) in [4.78, 5) is 0. The molecule has 0 radical (unpaired) electrons. The molecule has 0 bridgehead atoms. The van der Waals surface area contributed by atoms with Crippen LogP contribution in [-0.4, -0.2) is 5.11 Å². The SMILES string of the molecule is Cc1ccc(C2=CC(c3ccccc3O)[NH2+]C(c3ccc(Cl)cc3Cl)N2)cc1. The van der Waals surface area contributed by atoms with E-state index in [2.05, 4.69) is 47.9 Å². The molecular formula is C23H21Cl2N2O+. The van der Waals surface area contributed by atoms with Crippen LogP contribution in [0.3, 0.4) is 0 Å². The summed E-state index contributed by atoms with van der Waals surface area (Å²) in [7, 11) is 0. The molecule has 0 spiro atoms. The second-order valence-corrected chi connectivity index (χ2v) is 7.85. The zero-order valence-corrected chi connectivity index (χ0v) is 16.9. The largest absolute Gasteiger partial charge is 0.507 e. The van der Waals surface area contributed by atoms with Gasteiger partial charge in [-0.25, -0.2) is 0 Å². The Balaban J connectivity index is 1.77. The van der Waals surface area contributed by atoms with Crippen molar-refractivity contribution in [1.82, 2.24) is 5.32 Å². The van der Waals surface area contributed by atoms with Gasteiger partial charge in [-0.2, -0.15) is 0 Å². The summed E-state index contributed by atoms with van der Waals surface area (Å²) in [6.07, 6.45) is 2.02. The van der Waals surface area contributed by atoms with E-state index in [0.29, 0.717) is 10.0 Å². The van der Waals surface area contributed by atoms with E-state index < -0.39 is 0 Å². The Labute approximate surface area is 174 Å². The third-order valence-corrected chi connectivity index (χ3v) is 5.58. The number of benzene rings is 3. The second-order valence-electron chi connectivity index (χ2n) is 7.01. The van der Waals surface area contributed by atoms with Crippen molar-refractivity contribution in [3.05, 3.63) is 105 Å². The van der Waals surface area contributed by atoms with Gasteiger partial charge < -0.3 is 15.7 Å². The van der Waals surface area contributed by atoms with Gasteiger partial charge >= 0.3 is 0 Å². The van der Waals surface area contributed by atoms with Gasteiger partial charge in [-0.3, -0.25) is 0 Å². The van der Waals surface area contributed by atoms with Crippen molar-refractivity contribution in [3.63, 3.8) is 0 Å². The van der Waals surface area contributed by atoms with Crippen LogP contribution >= 0.6 is 23.2 Å². The Morgan fingerprint density at radius 2 is 1.68 bits per heavy atom. The van der Waals surface area contributed by atoms with Crippen molar-refractivity contribution in [3.8, 4) is 5.75 Å². The number of phenolic OH excluding ortho intramolecular Hbond substituents is 1. The first-order valence-electron chi connectivity index (χ1n) is 9.14. The lowest BCUT2D eigenvalue weighted by Gasteiger charge is -2.30. The van der Waals surface area contributed by atoms with E-state index in [1.807, 2.05) is 30.3 Å². The van der Waals surface area contributed by atoms with E-state index in [-0.39, 0.29) is 18.0 Å². The maximum Gasteiger partial charge on any atom is 0.188 e. The third kappa shape index (κ3) is 3.88. The fraction of sp³-hybridized carbons (Fsp3) is 0.130. The van der Waals surface area contributed by atoms with Crippen molar-refractivity contribution in [2.75, 3.05) is 0 Å². The first kappa shape index (κ1) is 18.9. The van der Waals surface area contributed by atoms with E-state index in [9.17, 15) is 5.11 Å². The molecule has 3 nitrogen and oxygen atoms in total. The maximum atomic E-state index is 10.4. The Bertz CT molecular complexity index is 1030. The van der Waals surface area contributed by atoms with Gasteiger partial charge in [0.15, 0.2) is 6.17 Å². The smallest absolute Gasteiger partial charge is 0.188 e. The molecular weight excluding hydrogens is 391 g/mol. The number of nitrogens with one attached hydrogen (secondary N) is 1. The fourth-order valence-corrected chi connectivity index (χ4v) is 4.04. The summed E-state index contributed by atoms with van der Waals surface area (Å²) in [5, 5.41) is 17.3. The molecule has 5 heteroatoms. The summed E-state index contributed by atoms with van der Waals surface area (Å²) < 4.78 is 0. The van der Waals surface area contributed by atoms with Crippen molar-refractivity contribution < 1.29 is 10.4 Å². The van der Waals surface area contributed by atoms with Gasteiger partial charge in [-0.1, -0.05) is 65.2 Å². The number of phenols is 1. The highest BCUT2D eigenvalue weighted by Crippen LogP contribution is 2.31. The van der Waals surface area contributed by atoms with Crippen LogP contribution in [0.25, 0.3) is 5.70 Å². The highest BCUT2D eigenvalue weighted by molar-refractivity contribution is 6.35. The summed E-state index contributed by atoms with van der Waals surface area (Å²) in [6.45, 7) is 2.07. The van der Waals surface area contributed by atoms with E-state index in [1.54, 1.807) is 12.1 Å². The average molecular weight is 412 g/mol. The van der Waals surface area contributed by atoms with Crippen LogP contribution in [0.2, 0.25) is 10.0 Å². The topological polar surface area (TPSA) is 48.9 Å². The average Bonchev–Trinajstić information content (AvgIpc) is 2.68. The molecule has 2 unspecified atom stereocenters. The van der Waals surface area contributed by atoms with Crippen molar-refractivity contribution >= 4 is 28.9 Å². The van der Waals surface area contributed by atoms with E-state index in [4.69, 9.17) is 23.2 Å². The summed E-state index contributed by atoms with van der Waals surface area (Å²) in [5.74, 6) is 0.283. The number of para-hydroxylation sites is 1. The molecule has 2 atom stereocenters. The van der Waals surface area contributed by atoms with Gasteiger partial charge in [0.1, 0.15) is 11.8 Å². The first-order chi connectivity index (χ1) is 13.5. The summed E-state index contributed by atoms with van der Waals surface area (Å²) in [6, 6.07) is 21.3. The van der Waals surface area contributed by atoms with Gasteiger partial charge in [0.25, 0.3) is 0 Å². The molecule has 142 valence electrons. The van der Waals surface area contributed by atoms with Crippen molar-refractivity contribution in [2.45, 2.75) is 19.1 Å². The van der Waals surface area contributed by atoms with Gasteiger partial charge in [0.2, 0.25) is 0 Å². The predicted molar refractivity (Wildman–Crippen MR) is 114 cm³/mol. The number of hydrogen-bond acceptors (Lipinski definition) is 2. The minimum atomic E-state index is -0.115. The minimum Gasteiger partial charge on any atom is -0.507 e. The Morgan fingerprint density at radius 3 is 2.39 bits per heavy atom. The van der Waals surface area contributed by atoms with Gasteiger partial charge in [0.05, 0.1) is 10.6 Å². The molecule has 0 amide bonds. The molecule has 28 heavy (non-hydrogen) atoms. The molecule has 0 aromatic heterocycles. The van der Waals surface area contributed by atoms with Crippen LogP contribution < -0.4 is 10.6 Å². The number of rotatable bonds is 3. The van der Waals surface area contributed by atoms with Crippen LogP contribution in [0.15, 0.2) is 72.8 Å². The lowest BCUT2D eigenvalue weighted by Crippen LogP contribution is -2.89.